The lowest BCUT2D eigenvalue weighted by Gasteiger charge is -2.26. The number of hydrogen-bond donors (Lipinski definition) is 2. The number of amides is 1. The molecule has 0 saturated carbocycles. The van der Waals surface area contributed by atoms with E-state index in [4.69, 9.17) is 4.74 Å². The van der Waals surface area contributed by atoms with Crippen LogP contribution < -0.4 is 10.0 Å². The normalized spacial score (nSPS) is 15.5. The molecule has 0 aliphatic carbocycles. The summed E-state index contributed by atoms with van der Waals surface area (Å²) in [5.74, 6) is 0.0671. The molecule has 1 heterocycles. The van der Waals surface area contributed by atoms with E-state index in [-0.39, 0.29) is 10.8 Å². The van der Waals surface area contributed by atoms with E-state index in [9.17, 15) is 13.2 Å². The van der Waals surface area contributed by atoms with Gasteiger partial charge >= 0.3 is 0 Å². The van der Waals surface area contributed by atoms with E-state index < -0.39 is 10.0 Å². The molecule has 1 saturated heterocycles. The van der Waals surface area contributed by atoms with Gasteiger partial charge in [-0.25, -0.2) is 13.1 Å². The van der Waals surface area contributed by atoms with Crippen molar-refractivity contribution in [1.82, 2.24) is 14.9 Å². The highest BCUT2D eigenvalue weighted by molar-refractivity contribution is 9.10. The Bertz CT molecular complexity index is 692. The van der Waals surface area contributed by atoms with Crippen molar-refractivity contribution in [1.29, 1.82) is 0 Å². The molecule has 0 atom stereocenters. The molecule has 9 heteroatoms. The molecule has 1 fully saturated rings. The van der Waals surface area contributed by atoms with Crippen LogP contribution in [0, 0.1) is 0 Å². The highest BCUT2D eigenvalue weighted by Gasteiger charge is 2.13. The Morgan fingerprint density at radius 3 is 2.46 bits per heavy atom. The smallest absolute Gasteiger partial charge is 0.240 e. The summed E-state index contributed by atoms with van der Waals surface area (Å²) in [4.78, 5) is 14.4. The average molecular weight is 476 g/mol. The number of unbranched alkanes of at least 4 members (excludes halogenated alkanes) is 2. The highest BCUT2D eigenvalue weighted by atomic mass is 79.9. The summed E-state index contributed by atoms with van der Waals surface area (Å²) in [6.07, 6.45) is 3.71. The molecule has 1 aliphatic heterocycles. The zero-order valence-electron chi connectivity index (χ0n) is 16.2. The first kappa shape index (κ1) is 23.3. The van der Waals surface area contributed by atoms with Crippen LogP contribution in [0.4, 0.5) is 0 Å². The van der Waals surface area contributed by atoms with Crippen LogP contribution in [0.3, 0.4) is 0 Å². The van der Waals surface area contributed by atoms with E-state index in [2.05, 4.69) is 30.9 Å². The quantitative estimate of drug-likeness (QED) is 0.452. The van der Waals surface area contributed by atoms with Gasteiger partial charge in [0.25, 0.3) is 0 Å². The van der Waals surface area contributed by atoms with E-state index in [1.165, 1.54) is 0 Å². The molecule has 1 aliphatic rings. The van der Waals surface area contributed by atoms with Crippen molar-refractivity contribution in [2.75, 3.05) is 45.9 Å². The zero-order chi connectivity index (χ0) is 20.2. The monoisotopic (exact) mass is 475 g/mol. The summed E-state index contributed by atoms with van der Waals surface area (Å²) in [6.45, 7) is 5.60. The minimum absolute atomic E-state index is 0.0671. The van der Waals surface area contributed by atoms with Gasteiger partial charge in [0.1, 0.15) is 0 Å². The second-order valence-electron chi connectivity index (χ2n) is 6.82. The van der Waals surface area contributed by atoms with Crippen molar-refractivity contribution in [2.45, 2.75) is 37.0 Å². The van der Waals surface area contributed by atoms with Crippen molar-refractivity contribution in [3.63, 3.8) is 0 Å². The lowest BCUT2D eigenvalue weighted by Crippen LogP contribution is -2.38. The van der Waals surface area contributed by atoms with Crippen molar-refractivity contribution in [3.8, 4) is 0 Å². The fourth-order valence-corrected chi connectivity index (χ4v) is 4.27. The van der Waals surface area contributed by atoms with E-state index in [0.717, 1.165) is 56.6 Å². The predicted octanol–water partition coefficient (Wildman–Crippen LogP) is 2.13. The lowest BCUT2D eigenvalue weighted by atomic mass is 10.2. The number of halogens is 1. The molecule has 1 aromatic carbocycles. The SMILES string of the molecule is O=C(CCCCCNS(=O)(=O)c1ccc(Br)cc1)NCCCN1CCOCC1. The maximum absolute atomic E-state index is 12.1. The van der Waals surface area contributed by atoms with Gasteiger partial charge in [0, 0.05) is 37.1 Å². The molecule has 0 aromatic heterocycles. The Labute approximate surface area is 176 Å². The highest BCUT2D eigenvalue weighted by Crippen LogP contribution is 2.14. The van der Waals surface area contributed by atoms with Crippen molar-refractivity contribution in [2.24, 2.45) is 0 Å². The second-order valence-corrected chi connectivity index (χ2v) is 9.50. The van der Waals surface area contributed by atoms with Crippen molar-refractivity contribution < 1.29 is 17.9 Å². The van der Waals surface area contributed by atoms with Gasteiger partial charge in [0.2, 0.25) is 15.9 Å². The zero-order valence-corrected chi connectivity index (χ0v) is 18.6. The number of hydrogen-bond acceptors (Lipinski definition) is 5. The van der Waals surface area contributed by atoms with Crippen LogP contribution in [0.2, 0.25) is 0 Å². The molecule has 2 rings (SSSR count). The molecule has 7 nitrogen and oxygen atoms in total. The van der Waals surface area contributed by atoms with Crippen LogP contribution in [-0.2, 0) is 19.6 Å². The number of nitrogens with one attached hydrogen (secondary N) is 2. The van der Waals surface area contributed by atoms with Crippen LogP contribution in [0.25, 0.3) is 0 Å². The largest absolute Gasteiger partial charge is 0.379 e. The molecule has 2 N–H and O–H groups in total. The maximum Gasteiger partial charge on any atom is 0.240 e. The van der Waals surface area contributed by atoms with E-state index in [1.807, 2.05) is 0 Å². The topological polar surface area (TPSA) is 87.7 Å². The van der Waals surface area contributed by atoms with Crippen LogP contribution >= 0.6 is 15.9 Å². The molecule has 1 amide bonds. The van der Waals surface area contributed by atoms with Gasteiger partial charge in [-0.15, -0.1) is 0 Å². The van der Waals surface area contributed by atoms with Gasteiger partial charge in [-0.2, -0.15) is 0 Å². The molecular formula is C19H30BrN3O4S. The first-order chi connectivity index (χ1) is 13.5. The molecule has 0 unspecified atom stereocenters. The van der Waals surface area contributed by atoms with E-state index >= 15 is 0 Å². The first-order valence-electron chi connectivity index (χ1n) is 9.79. The number of morpholine rings is 1. The predicted molar refractivity (Wildman–Crippen MR) is 113 cm³/mol. The molecular weight excluding hydrogens is 446 g/mol. The van der Waals surface area contributed by atoms with Crippen molar-refractivity contribution >= 4 is 31.9 Å². The average Bonchev–Trinajstić information content (AvgIpc) is 2.69. The fourth-order valence-electron chi connectivity index (χ4n) is 2.93. The van der Waals surface area contributed by atoms with Gasteiger partial charge in [0.15, 0.2) is 0 Å². The lowest BCUT2D eigenvalue weighted by molar-refractivity contribution is -0.121. The van der Waals surface area contributed by atoms with Gasteiger partial charge < -0.3 is 10.1 Å². The third kappa shape index (κ3) is 9.00. The molecule has 0 bridgehead atoms. The Morgan fingerprint density at radius 1 is 1.04 bits per heavy atom. The van der Waals surface area contributed by atoms with Crippen molar-refractivity contribution in [3.05, 3.63) is 28.7 Å². The summed E-state index contributed by atoms with van der Waals surface area (Å²) >= 11 is 3.29. The Balaban J connectivity index is 1.48. The Kier molecular flexibility index (Phi) is 10.4. The number of benzene rings is 1. The third-order valence-electron chi connectivity index (χ3n) is 4.57. The summed E-state index contributed by atoms with van der Waals surface area (Å²) in [5.41, 5.74) is 0. The van der Waals surface area contributed by atoms with Gasteiger partial charge in [-0.1, -0.05) is 22.4 Å². The molecule has 158 valence electrons. The molecule has 0 spiro atoms. The third-order valence-corrected chi connectivity index (χ3v) is 6.58. The Morgan fingerprint density at radius 2 is 1.75 bits per heavy atom. The number of carbonyl (C=O) groups is 1. The number of nitrogens with zero attached hydrogens (tertiary/aromatic N) is 1. The van der Waals surface area contributed by atoms with Gasteiger partial charge in [-0.05, 0) is 50.1 Å². The maximum atomic E-state index is 12.1. The standard InChI is InChI=1S/C19H30BrN3O4S/c20-17-6-8-18(9-7-17)28(25,26)22-11-3-1-2-5-19(24)21-10-4-12-23-13-15-27-16-14-23/h6-9,22H,1-5,10-16H2,(H,21,24). The Hall–Kier alpha value is -1.00. The summed E-state index contributed by atoms with van der Waals surface area (Å²) in [6, 6.07) is 6.54. The van der Waals surface area contributed by atoms with Crippen LogP contribution in [-0.4, -0.2) is 65.2 Å². The van der Waals surface area contributed by atoms with Gasteiger partial charge in [0.05, 0.1) is 18.1 Å². The fraction of sp³-hybridized carbons (Fsp3) is 0.632. The first-order valence-corrected chi connectivity index (χ1v) is 12.1. The summed E-state index contributed by atoms with van der Waals surface area (Å²) in [7, 11) is -3.47. The minimum atomic E-state index is -3.47. The molecule has 28 heavy (non-hydrogen) atoms. The van der Waals surface area contributed by atoms with Crippen LogP contribution in [0.15, 0.2) is 33.6 Å². The number of sulfonamides is 1. The number of rotatable bonds is 12. The summed E-state index contributed by atoms with van der Waals surface area (Å²) in [5, 5.41) is 2.95. The van der Waals surface area contributed by atoms with E-state index in [0.29, 0.717) is 25.9 Å². The van der Waals surface area contributed by atoms with E-state index in [1.54, 1.807) is 24.3 Å². The van der Waals surface area contributed by atoms with Crippen LogP contribution in [0.1, 0.15) is 32.1 Å². The summed E-state index contributed by atoms with van der Waals surface area (Å²) < 4.78 is 33.0. The second kappa shape index (κ2) is 12.5. The van der Waals surface area contributed by atoms with Crippen LogP contribution in [0.5, 0.6) is 0 Å². The molecule has 0 radical (unpaired) electrons. The number of carbonyl (C=O) groups excluding carboxylic acids is 1. The minimum Gasteiger partial charge on any atom is -0.379 e. The number of ether oxygens (including phenoxy) is 1. The van der Waals surface area contributed by atoms with Gasteiger partial charge in [-0.3, -0.25) is 9.69 Å². The molecule has 1 aromatic rings.